The first-order valence-electron chi connectivity index (χ1n) is 12.1. The molecule has 2 aliphatic rings. The molecule has 2 aromatic rings. The van der Waals surface area contributed by atoms with E-state index in [2.05, 4.69) is 10.2 Å². The number of carbonyl (C=O) groups excluding carboxylic acids is 1. The first-order chi connectivity index (χ1) is 16.4. The van der Waals surface area contributed by atoms with Gasteiger partial charge in [-0.2, -0.15) is 0 Å². The van der Waals surface area contributed by atoms with Gasteiger partial charge in [0.25, 0.3) is 0 Å². The summed E-state index contributed by atoms with van der Waals surface area (Å²) < 4.78 is 19.2. The van der Waals surface area contributed by atoms with Gasteiger partial charge in [0.05, 0.1) is 5.02 Å². The van der Waals surface area contributed by atoms with Crippen LogP contribution in [0.1, 0.15) is 56.4 Å². The minimum atomic E-state index is -0.563. The van der Waals surface area contributed by atoms with Gasteiger partial charge in [0, 0.05) is 23.8 Å². The number of piperidine rings is 1. The third-order valence-corrected chi connectivity index (χ3v) is 7.77. The van der Waals surface area contributed by atoms with Crippen molar-refractivity contribution in [1.29, 1.82) is 0 Å². The van der Waals surface area contributed by atoms with E-state index >= 15 is 0 Å². The first-order valence-corrected chi connectivity index (χ1v) is 12.8. The molecule has 0 unspecified atom stereocenters. The Morgan fingerprint density at radius 1 is 1.03 bits per heavy atom. The summed E-state index contributed by atoms with van der Waals surface area (Å²) in [6, 6.07) is 9.31. The van der Waals surface area contributed by atoms with Gasteiger partial charge in [-0.15, -0.1) is 0 Å². The number of primary amides is 1. The zero-order valence-electron chi connectivity index (χ0n) is 19.2. The number of nitrogens with two attached hydrogens (primary N) is 1. The average Bonchev–Trinajstić information content (AvgIpc) is 2.82. The van der Waals surface area contributed by atoms with Crippen LogP contribution in [0.15, 0.2) is 36.4 Å². The molecule has 184 valence electrons. The van der Waals surface area contributed by atoms with Gasteiger partial charge in [-0.25, -0.2) is 9.18 Å². The standard InChI is InChI=1S/C26H32Cl2FN3O2/c27-23-7-6-20(31-26(30)33)16-22(23)18-3-1-17(2-4-18)9-12-32-13-10-21(11-14-32)34-25-8-5-19(29)15-24(25)28/h5-8,15-18,21H,1-4,9-14H2,(H3,30,31,33). The number of halogens is 3. The second kappa shape index (κ2) is 11.6. The van der Waals surface area contributed by atoms with E-state index in [1.807, 2.05) is 12.1 Å². The second-order valence-corrected chi connectivity index (χ2v) is 10.3. The topological polar surface area (TPSA) is 67.6 Å². The Morgan fingerprint density at radius 2 is 1.76 bits per heavy atom. The normalized spacial score (nSPS) is 21.9. The lowest BCUT2D eigenvalue weighted by atomic mass is 9.77. The molecule has 0 atom stereocenters. The fourth-order valence-corrected chi connectivity index (χ4v) is 5.69. The minimum absolute atomic E-state index is 0.124. The summed E-state index contributed by atoms with van der Waals surface area (Å²) in [5.41, 5.74) is 7.05. The molecule has 2 amide bonds. The van der Waals surface area contributed by atoms with E-state index in [0.29, 0.717) is 22.4 Å². The number of rotatable bonds is 7. The molecule has 2 aromatic carbocycles. The van der Waals surface area contributed by atoms with Crippen LogP contribution in [0.25, 0.3) is 0 Å². The Balaban J connectivity index is 1.18. The molecule has 2 fully saturated rings. The Bertz CT molecular complexity index is 990. The van der Waals surface area contributed by atoms with Crippen molar-refractivity contribution in [3.8, 4) is 5.75 Å². The van der Waals surface area contributed by atoms with Crippen molar-refractivity contribution < 1.29 is 13.9 Å². The fraction of sp³-hybridized carbons (Fsp3) is 0.500. The zero-order valence-corrected chi connectivity index (χ0v) is 20.8. The molecule has 4 rings (SSSR count). The number of hydrogen-bond donors (Lipinski definition) is 2. The second-order valence-electron chi connectivity index (χ2n) is 9.47. The summed E-state index contributed by atoms with van der Waals surface area (Å²) >= 11 is 12.6. The maximum absolute atomic E-state index is 13.2. The van der Waals surface area contributed by atoms with Crippen LogP contribution in [0, 0.1) is 11.7 Å². The van der Waals surface area contributed by atoms with E-state index < -0.39 is 6.03 Å². The van der Waals surface area contributed by atoms with E-state index in [1.54, 1.807) is 12.1 Å². The van der Waals surface area contributed by atoms with Crippen LogP contribution in [-0.4, -0.2) is 36.7 Å². The highest BCUT2D eigenvalue weighted by Crippen LogP contribution is 2.40. The van der Waals surface area contributed by atoms with Crippen LogP contribution in [-0.2, 0) is 0 Å². The van der Waals surface area contributed by atoms with Crippen LogP contribution >= 0.6 is 23.2 Å². The van der Waals surface area contributed by atoms with E-state index in [-0.39, 0.29) is 11.9 Å². The molecule has 1 saturated heterocycles. The number of ether oxygens (including phenoxy) is 1. The first kappa shape index (κ1) is 25.1. The third kappa shape index (κ3) is 6.77. The number of hydrogen-bond acceptors (Lipinski definition) is 3. The Kier molecular flexibility index (Phi) is 8.56. The monoisotopic (exact) mass is 507 g/mol. The van der Waals surface area contributed by atoms with Gasteiger partial charge in [-0.1, -0.05) is 23.2 Å². The van der Waals surface area contributed by atoms with Crippen LogP contribution in [0.5, 0.6) is 5.75 Å². The molecule has 0 bridgehead atoms. The lowest BCUT2D eigenvalue weighted by molar-refractivity contribution is 0.0952. The number of urea groups is 1. The van der Waals surface area contributed by atoms with Crippen molar-refractivity contribution in [3.63, 3.8) is 0 Å². The highest BCUT2D eigenvalue weighted by Gasteiger charge is 2.26. The smallest absolute Gasteiger partial charge is 0.316 e. The zero-order chi connectivity index (χ0) is 24.1. The van der Waals surface area contributed by atoms with Crippen molar-refractivity contribution in [2.45, 2.75) is 57.0 Å². The third-order valence-electron chi connectivity index (χ3n) is 7.13. The number of likely N-dealkylation sites (tertiary alicyclic amines) is 1. The molecule has 0 spiro atoms. The summed E-state index contributed by atoms with van der Waals surface area (Å²) in [4.78, 5) is 13.7. The SMILES string of the molecule is NC(=O)Nc1ccc(Cl)c(C2CCC(CCN3CCC(Oc4ccc(F)cc4Cl)CC3)CC2)c1. The van der Waals surface area contributed by atoms with Crippen LogP contribution in [0.3, 0.4) is 0 Å². The Labute approximate surface area is 210 Å². The van der Waals surface area contributed by atoms with E-state index in [1.165, 1.54) is 31.4 Å². The summed E-state index contributed by atoms with van der Waals surface area (Å²) in [6.07, 6.45) is 7.84. The number of anilines is 1. The molecular formula is C26H32Cl2FN3O2. The van der Waals surface area contributed by atoms with Crippen molar-refractivity contribution >= 4 is 34.9 Å². The maximum Gasteiger partial charge on any atom is 0.316 e. The van der Waals surface area contributed by atoms with Gasteiger partial charge in [0.1, 0.15) is 17.7 Å². The predicted octanol–water partition coefficient (Wildman–Crippen LogP) is 6.83. The lowest BCUT2D eigenvalue weighted by Gasteiger charge is -2.34. The minimum Gasteiger partial charge on any atom is -0.489 e. The molecule has 3 N–H and O–H groups in total. The molecule has 8 heteroatoms. The quantitative estimate of drug-likeness (QED) is 0.431. The fourth-order valence-electron chi connectivity index (χ4n) is 5.20. The highest BCUT2D eigenvalue weighted by molar-refractivity contribution is 6.32. The summed E-state index contributed by atoms with van der Waals surface area (Å²) in [6.45, 7) is 3.13. The van der Waals surface area contributed by atoms with E-state index in [4.69, 9.17) is 33.7 Å². The predicted molar refractivity (Wildman–Crippen MR) is 135 cm³/mol. The van der Waals surface area contributed by atoms with Gasteiger partial charge in [-0.3, -0.25) is 0 Å². The van der Waals surface area contributed by atoms with E-state index in [9.17, 15) is 9.18 Å². The van der Waals surface area contributed by atoms with Crippen molar-refractivity contribution in [2.24, 2.45) is 11.7 Å². The molecule has 34 heavy (non-hydrogen) atoms. The molecule has 0 radical (unpaired) electrons. The molecular weight excluding hydrogens is 476 g/mol. The molecule has 1 aliphatic carbocycles. The molecule has 1 aliphatic heterocycles. The van der Waals surface area contributed by atoms with E-state index in [0.717, 1.165) is 61.8 Å². The van der Waals surface area contributed by atoms with Crippen LogP contribution < -0.4 is 15.8 Å². The number of nitrogens with zero attached hydrogens (tertiary/aromatic N) is 1. The van der Waals surface area contributed by atoms with Crippen LogP contribution in [0.2, 0.25) is 10.0 Å². The lowest BCUT2D eigenvalue weighted by Crippen LogP contribution is -2.39. The van der Waals surface area contributed by atoms with Crippen molar-refractivity contribution in [2.75, 3.05) is 25.0 Å². The van der Waals surface area contributed by atoms with Gasteiger partial charge in [0.2, 0.25) is 0 Å². The number of benzene rings is 2. The van der Waals surface area contributed by atoms with Gasteiger partial charge in [0.15, 0.2) is 0 Å². The largest absolute Gasteiger partial charge is 0.489 e. The van der Waals surface area contributed by atoms with Gasteiger partial charge in [-0.05, 0) is 105 Å². The highest BCUT2D eigenvalue weighted by atomic mass is 35.5. The van der Waals surface area contributed by atoms with Crippen molar-refractivity contribution in [1.82, 2.24) is 4.90 Å². The molecule has 1 saturated carbocycles. The molecule has 1 heterocycles. The van der Waals surface area contributed by atoms with Gasteiger partial charge >= 0.3 is 6.03 Å². The average molecular weight is 508 g/mol. The Morgan fingerprint density at radius 3 is 2.44 bits per heavy atom. The van der Waals surface area contributed by atoms with Crippen molar-refractivity contribution in [3.05, 3.63) is 57.8 Å². The maximum atomic E-state index is 13.2. The summed E-state index contributed by atoms with van der Waals surface area (Å²) in [7, 11) is 0. The summed E-state index contributed by atoms with van der Waals surface area (Å²) in [5, 5.41) is 3.73. The van der Waals surface area contributed by atoms with Gasteiger partial charge < -0.3 is 20.7 Å². The number of amides is 2. The number of carbonyl (C=O) groups is 1. The van der Waals surface area contributed by atoms with Crippen LogP contribution in [0.4, 0.5) is 14.9 Å². The molecule has 0 aromatic heterocycles. The number of nitrogens with one attached hydrogen (secondary N) is 1. The molecule has 5 nitrogen and oxygen atoms in total. The Hall–Kier alpha value is -2.02. The summed E-state index contributed by atoms with van der Waals surface area (Å²) in [5.74, 6) is 1.37.